The molecule has 0 aliphatic heterocycles. The summed E-state index contributed by atoms with van der Waals surface area (Å²) in [6, 6.07) is 0. The Balaban J connectivity index is 2.29. The molecule has 0 saturated heterocycles. The van der Waals surface area contributed by atoms with Gasteiger partial charge in [0.1, 0.15) is 0 Å². The van der Waals surface area contributed by atoms with Crippen molar-refractivity contribution >= 4 is 29.1 Å². The molecule has 0 N–H and O–H groups in total. The molecule has 0 spiro atoms. The SMILES string of the molecule is COC(=O)CSc1nn[c]s1. The second kappa shape index (κ2) is 4.30. The van der Waals surface area contributed by atoms with Crippen molar-refractivity contribution < 1.29 is 9.53 Å². The maximum atomic E-state index is 10.6. The summed E-state index contributed by atoms with van der Waals surface area (Å²) in [6.45, 7) is 0. The zero-order chi connectivity index (χ0) is 8.10. The van der Waals surface area contributed by atoms with E-state index in [-0.39, 0.29) is 11.7 Å². The van der Waals surface area contributed by atoms with E-state index in [1.54, 1.807) is 0 Å². The highest BCUT2D eigenvalue weighted by atomic mass is 32.2. The first-order chi connectivity index (χ1) is 5.33. The van der Waals surface area contributed by atoms with Crippen LogP contribution in [-0.2, 0) is 9.53 Å². The molecule has 1 rings (SSSR count). The predicted molar refractivity (Wildman–Crippen MR) is 41.5 cm³/mol. The molecule has 1 heterocycles. The molecule has 0 aromatic carbocycles. The molecular formula is C5H5N2O2S2. The summed E-state index contributed by atoms with van der Waals surface area (Å²) < 4.78 is 5.17. The molecule has 4 nitrogen and oxygen atoms in total. The molecule has 0 amide bonds. The van der Waals surface area contributed by atoms with Gasteiger partial charge in [0.15, 0.2) is 9.85 Å². The first-order valence-corrected chi connectivity index (χ1v) is 4.52. The van der Waals surface area contributed by atoms with Crippen LogP contribution in [0.15, 0.2) is 4.34 Å². The number of rotatable bonds is 3. The monoisotopic (exact) mass is 189 g/mol. The summed E-state index contributed by atoms with van der Waals surface area (Å²) in [7, 11) is 1.36. The highest BCUT2D eigenvalue weighted by Gasteiger charge is 2.03. The van der Waals surface area contributed by atoms with Crippen LogP contribution >= 0.6 is 23.1 Å². The number of hydrogen-bond donors (Lipinski definition) is 0. The quantitative estimate of drug-likeness (QED) is 0.515. The van der Waals surface area contributed by atoms with Crippen LogP contribution < -0.4 is 0 Å². The second-order valence-corrected chi connectivity index (χ2v) is 3.52. The summed E-state index contributed by atoms with van der Waals surface area (Å²) in [6.07, 6.45) is 0. The molecule has 0 aliphatic carbocycles. The van der Waals surface area contributed by atoms with Gasteiger partial charge in [-0.25, -0.2) is 0 Å². The Morgan fingerprint density at radius 3 is 3.27 bits per heavy atom. The Morgan fingerprint density at radius 2 is 2.73 bits per heavy atom. The van der Waals surface area contributed by atoms with E-state index < -0.39 is 0 Å². The van der Waals surface area contributed by atoms with E-state index in [1.165, 1.54) is 30.2 Å². The van der Waals surface area contributed by atoms with Crippen LogP contribution in [0.5, 0.6) is 0 Å². The van der Waals surface area contributed by atoms with Crippen molar-refractivity contribution in [1.29, 1.82) is 0 Å². The number of carbonyl (C=O) groups excluding carboxylic acids is 1. The van der Waals surface area contributed by atoms with Crippen LogP contribution in [0.2, 0.25) is 0 Å². The van der Waals surface area contributed by atoms with Crippen LogP contribution in [0.25, 0.3) is 0 Å². The minimum atomic E-state index is -0.259. The maximum Gasteiger partial charge on any atom is 0.316 e. The lowest BCUT2D eigenvalue weighted by Crippen LogP contribution is -2.02. The van der Waals surface area contributed by atoms with Crippen molar-refractivity contribution in [2.75, 3.05) is 12.9 Å². The van der Waals surface area contributed by atoms with Crippen LogP contribution in [0.3, 0.4) is 0 Å². The van der Waals surface area contributed by atoms with Gasteiger partial charge in [-0.15, -0.1) is 10.2 Å². The Hall–Kier alpha value is -0.620. The van der Waals surface area contributed by atoms with Crippen molar-refractivity contribution in [2.24, 2.45) is 0 Å². The summed E-state index contributed by atoms with van der Waals surface area (Å²) in [5.74, 6) is 0.0182. The lowest BCUT2D eigenvalue weighted by molar-refractivity contribution is -0.137. The van der Waals surface area contributed by atoms with E-state index in [0.717, 1.165) is 4.34 Å². The molecule has 0 aliphatic rings. The van der Waals surface area contributed by atoms with Gasteiger partial charge >= 0.3 is 5.97 Å². The van der Waals surface area contributed by atoms with Gasteiger partial charge in [0, 0.05) is 0 Å². The molecule has 0 atom stereocenters. The zero-order valence-corrected chi connectivity index (χ0v) is 7.37. The fraction of sp³-hybridized carbons (Fsp3) is 0.400. The fourth-order valence-electron chi connectivity index (χ4n) is 0.379. The maximum absolute atomic E-state index is 10.6. The van der Waals surface area contributed by atoms with E-state index >= 15 is 0 Å². The van der Waals surface area contributed by atoms with Crippen molar-refractivity contribution in [1.82, 2.24) is 10.2 Å². The third-order valence-electron chi connectivity index (χ3n) is 0.847. The summed E-state index contributed by atoms with van der Waals surface area (Å²) in [5, 5.41) is 7.19. The molecule has 59 valence electrons. The molecule has 0 fully saturated rings. The molecular weight excluding hydrogens is 184 g/mol. The third kappa shape index (κ3) is 2.85. The lowest BCUT2D eigenvalue weighted by Gasteiger charge is -1.93. The standard InChI is InChI=1S/C5H5N2O2S2/c1-9-4(8)2-10-5-7-6-3-11-5/h2H2,1H3. The van der Waals surface area contributed by atoms with Crippen LogP contribution in [0.1, 0.15) is 0 Å². The van der Waals surface area contributed by atoms with Gasteiger partial charge in [-0.2, -0.15) is 0 Å². The van der Waals surface area contributed by atoms with E-state index in [1.807, 2.05) is 0 Å². The van der Waals surface area contributed by atoms with E-state index in [2.05, 4.69) is 20.4 Å². The predicted octanol–water partition coefficient (Wildman–Crippen LogP) is 0.603. The summed E-state index contributed by atoms with van der Waals surface area (Å²) >= 11 is 2.58. The highest BCUT2D eigenvalue weighted by Crippen LogP contribution is 2.17. The minimum absolute atomic E-state index is 0.259. The molecule has 11 heavy (non-hydrogen) atoms. The molecule has 1 aromatic rings. The fourth-order valence-corrected chi connectivity index (χ4v) is 1.60. The average molecular weight is 189 g/mol. The van der Waals surface area contributed by atoms with Crippen molar-refractivity contribution in [3.8, 4) is 0 Å². The minimum Gasteiger partial charge on any atom is -0.468 e. The number of ether oxygens (including phenoxy) is 1. The summed E-state index contributed by atoms with van der Waals surface area (Å²) in [5.41, 5.74) is 2.58. The Morgan fingerprint density at radius 1 is 1.91 bits per heavy atom. The number of thioether (sulfide) groups is 1. The molecule has 1 aromatic heterocycles. The average Bonchev–Trinajstić information content (AvgIpc) is 2.52. The molecule has 0 saturated carbocycles. The lowest BCUT2D eigenvalue weighted by atomic mass is 10.8. The topological polar surface area (TPSA) is 52.1 Å². The smallest absolute Gasteiger partial charge is 0.316 e. The van der Waals surface area contributed by atoms with Gasteiger partial charge in [0.2, 0.25) is 0 Å². The van der Waals surface area contributed by atoms with Gasteiger partial charge in [-0.1, -0.05) is 23.1 Å². The van der Waals surface area contributed by atoms with Gasteiger partial charge < -0.3 is 4.74 Å². The third-order valence-corrected chi connectivity index (χ3v) is 2.59. The summed E-state index contributed by atoms with van der Waals surface area (Å²) in [4.78, 5) is 10.6. The molecule has 1 radical (unpaired) electrons. The zero-order valence-electron chi connectivity index (χ0n) is 5.73. The van der Waals surface area contributed by atoms with E-state index in [9.17, 15) is 4.79 Å². The number of hydrogen-bond acceptors (Lipinski definition) is 6. The number of esters is 1. The second-order valence-electron chi connectivity index (χ2n) is 1.52. The Bertz CT molecular complexity index is 224. The van der Waals surface area contributed by atoms with Crippen molar-refractivity contribution in [3.05, 3.63) is 5.51 Å². The Kier molecular flexibility index (Phi) is 3.31. The number of carbonyl (C=O) groups is 1. The largest absolute Gasteiger partial charge is 0.468 e. The van der Waals surface area contributed by atoms with E-state index in [4.69, 9.17) is 0 Å². The van der Waals surface area contributed by atoms with Gasteiger partial charge in [-0.3, -0.25) is 4.79 Å². The highest BCUT2D eigenvalue weighted by molar-refractivity contribution is 8.01. The number of methoxy groups -OCH3 is 1. The van der Waals surface area contributed by atoms with Gasteiger partial charge in [-0.05, 0) is 0 Å². The Labute approximate surface area is 72.0 Å². The van der Waals surface area contributed by atoms with Crippen LogP contribution in [-0.4, -0.2) is 29.0 Å². The van der Waals surface area contributed by atoms with Gasteiger partial charge in [0.05, 0.1) is 12.9 Å². The first-order valence-electron chi connectivity index (χ1n) is 2.72. The molecule has 6 heteroatoms. The number of nitrogens with zero attached hydrogens (tertiary/aromatic N) is 2. The van der Waals surface area contributed by atoms with E-state index in [0.29, 0.717) is 0 Å². The number of aromatic nitrogens is 2. The molecule has 0 unspecified atom stereocenters. The van der Waals surface area contributed by atoms with Crippen molar-refractivity contribution in [3.63, 3.8) is 0 Å². The first kappa shape index (κ1) is 8.48. The van der Waals surface area contributed by atoms with Crippen LogP contribution in [0, 0.1) is 5.51 Å². The molecule has 0 bridgehead atoms. The van der Waals surface area contributed by atoms with Crippen LogP contribution in [0.4, 0.5) is 0 Å². The van der Waals surface area contributed by atoms with Crippen molar-refractivity contribution in [2.45, 2.75) is 4.34 Å². The normalized spacial score (nSPS) is 9.55. The van der Waals surface area contributed by atoms with Gasteiger partial charge in [0.25, 0.3) is 0 Å².